The molecule has 0 atom stereocenters. The normalized spacial score (nSPS) is 11.0. The third-order valence-electron chi connectivity index (χ3n) is 3.08. The molecule has 0 fully saturated rings. The van der Waals surface area contributed by atoms with Gasteiger partial charge in [0.1, 0.15) is 6.54 Å². The number of ether oxygens (including phenoxy) is 1. The molecule has 0 radical (unpaired) electrons. The van der Waals surface area contributed by atoms with Crippen molar-refractivity contribution in [2.45, 2.75) is 13.0 Å². The first-order chi connectivity index (χ1) is 9.97. The molecule has 2 heterocycles. The predicted molar refractivity (Wildman–Crippen MR) is 72.9 cm³/mol. The van der Waals surface area contributed by atoms with Gasteiger partial charge in [0.05, 0.1) is 12.9 Å². The van der Waals surface area contributed by atoms with E-state index in [9.17, 15) is 14.4 Å². The maximum Gasteiger partial charge on any atom is 0.332 e. The molecular formula is C12H16N4O5. The fourth-order valence-corrected chi connectivity index (χ4v) is 1.95. The molecule has 0 aliphatic heterocycles. The van der Waals surface area contributed by atoms with Gasteiger partial charge >= 0.3 is 11.7 Å². The van der Waals surface area contributed by atoms with Crippen LogP contribution < -0.4 is 11.2 Å². The Kier molecular flexibility index (Phi) is 4.22. The average molecular weight is 296 g/mol. The summed E-state index contributed by atoms with van der Waals surface area (Å²) in [5.74, 6) is -0.543. The van der Waals surface area contributed by atoms with Crippen molar-refractivity contribution in [3.05, 3.63) is 27.2 Å². The lowest BCUT2D eigenvalue weighted by molar-refractivity contribution is -0.144. The molecule has 2 rings (SSSR count). The number of nitrogens with zero attached hydrogens (tertiary/aromatic N) is 4. The van der Waals surface area contributed by atoms with Crippen molar-refractivity contribution < 1.29 is 14.6 Å². The quantitative estimate of drug-likeness (QED) is 0.523. The number of aryl methyl sites for hydroxylation is 1. The molecule has 0 aromatic carbocycles. The number of imidazole rings is 1. The van der Waals surface area contributed by atoms with E-state index in [1.807, 2.05) is 0 Å². The number of hydrogen-bond donors (Lipinski definition) is 1. The Morgan fingerprint density at radius 3 is 2.71 bits per heavy atom. The van der Waals surface area contributed by atoms with Gasteiger partial charge in [-0.2, -0.15) is 0 Å². The second-order valence-electron chi connectivity index (χ2n) is 4.55. The zero-order chi connectivity index (χ0) is 15.6. The molecule has 0 aliphatic rings. The Morgan fingerprint density at radius 2 is 2.05 bits per heavy atom. The zero-order valence-corrected chi connectivity index (χ0v) is 11.8. The number of carbonyl (C=O) groups is 1. The summed E-state index contributed by atoms with van der Waals surface area (Å²) in [6.07, 6.45) is 1.67. The monoisotopic (exact) mass is 296 g/mol. The fraction of sp³-hybridized carbons (Fsp3) is 0.500. The van der Waals surface area contributed by atoms with Crippen LogP contribution in [0.2, 0.25) is 0 Å². The van der Waals surface area contributed by atoms with E-state index in [1.165, 1.54) is 29.6 Å². The Morgan fingerprint density at radius 1 is 1.33 bits per heavy atom. The Labute approximate surface area is 119 Å². The summed E-state index contributed by atoms with van der Waals surface area (Å²) in [7, 11) is 2.86. The molecule has 0 amide bonds. The van der Waals surface area contributed by atoms with Crippen LogP contribution in [0.5, 0.6) is 0 Å². The number of hydrogen-bond acceptors (Lipinski definition) is 6. The van der Waals surface area contributed by atoms with Crippen molar-refractivity contribution in [2.24, 2.45) is 14.1 Å². The second-order valence-corrected chi connectivity index (χ2v) is 4.55. The largest absolute Gasteiger partial charge is 0.464 e. The van der Waals surface area contributed by atoms with Crippen molar-refractivity contribution in [1.82, 2.24) is 18.7 Å². The highest BCUT2D eigenvalue weighted by atomic mass is 16.5. The van der Waals surface area contributed by atoms with Gasteiger partial charge in [-0.15, -0.1) is 0 Å². The predicted octanol–water partition coefficient (Wildman–Crippen LogP) is -1.64. The highest BCUT2D eigenvalue weighted by Gasteiger charge is 2.16. The number of rotatable bonds is 5. The minimum atomic E-state index is -0.543. The third kappa shape index (κ3) is 2.72. The van der Waals surface area contributed by atoms with E-state index in [1.54, 1.807) is 0 Å². The minimum absolute atomic E-state index is 0.0655. The van der Waals surface area contributed by atoms with Gasteiger partial charge in [0.15, 0.2) is 11.2 Å². The number of esters is 1. The molecular weight excluding hydrogens is 280 g/mol. The fourth-order valence-electron chi connectivity index (χ4n) is 1.95. The average Bonchev–Trinajstić information content (AvgIpc) is 2.87. The maximum absolute atomic E-state index is 12.1. The number of carbonyl (C=O) groups excluding carboxylic acids is 1. The van der Waals surface area contributed by atoms with Crippen LogP contribution in [0.1, 0.15) is 6.42 Å². The van der Waals surface area contributed by atoms with Crippen LogP contribution in [0.25, 0.3) is 11.2 Å². The van der Waals surface area contributed by atoms with Crippen LogP contribution >= 0.6 is 0 Å². The molecule has 1 N–H and O–H groups in total. The van der Waals surface area contributed by atoms with E-state index in [0.29, 0.717) is 6.42 Å². The number of fused-ring (bicyclic) bond motifs is 1. The standard InChI is InChI=1S/C12H16N4O5/c1-14-10-9(11(19)15(2)12(14)20)16(7-13-10)6-8(18)21-5-3-4-17/h7,17H,3-6H2,1-2H3. The van der Waals surface area contributed by atoms with Gasteiger partial charge in [0.2, 0.25) is 0 Å². The van der Waals surface area contributed by atoms with Crippen molar-refractivity contribution in [2.75, 3.05) is 13.2 Å². The molecule has 9 nitrogen and oxygen atoms in total. The first kappa shape index (κ1) is 15.0. The molecule has 0 bridgehead atoms. The molecule has 21 heavy (non-hydrogen) atoms. The van der Waals surface area contributed by atoms with E-state index in [2.05, 4.69) is 4.98 Å². The van der Waals surface area contributed by atoms with E-state index in [-0.39, 0.29) is 30.9 Å². The molecule has 0 spiro atoms. The number of aromatic nitrogens is 4. The summed E-state index contributed by atoms with van der Waals surface area (Å²) < 4.78 is 8.45. The van der Waals surface area contributed by atoms with Crippen LogP contribution in [-0.2, 0) is 30.2 Å². The van der Waals surface area contributed by atoms with Crippen molar-refractivity contribution >= 4 is 17.1 Å². The highest BCUT2D eigenvalue weighted by Crippen LogP contribution is 2.05. The van der Waals surface area contributed by atoms with E-state index in [0.717, 1.165) is 4.57 Å². The SMILES string of the molecule is Cn1c(=O)c2c(ncn2CC(=O)OCCCO)n(C)c1=O. The lowest BCUT2D eigenvalue weighted by Gasteiger charge is -2.07. The molecule has 2 aromatic heterocycles. The van der Waals surface area contributed by atoms with Crippen molar-refractivity contribution in [3.63, 3.8) is 0 Å². The lowest BCUT2D eigenvalue weighted by Crippen LogP contribution is -2.37. The van der Waals surface area contributed by atoms with Crippen LogP contribution in [0.4, 0.5) is 0 Å². The van der Waals surface area contributed by atoms with Crippen LogP contribution in [0, 0.1) is 0 Å². The van der Waals surface area contributed by atoms with E-state index < -0.39 is 17.2 Å². The van der Waals surface area contributed by atoms with Gasteiger partial charge in [0.25, 0.3) is 5.56 Å². The summed E-state index contributed by atoms with van der Waals surface area (Å²) in [6, 6.07) is 0. The Hall–Kier alpha value is -2.42. The number of aliphatic hydroxyl groups is 1. The van der Waals surface area contributed by atoms with Crippen LogP contribution in [0.3, 0.4) is 0 Å². The van der Waals surface area contributed by atoms with Crippen molar-refractivity contribution in [3.8, 4) is 0 Å². The van der Waals surface area contributed by atoms with Gasteiger partial charge in [-0.1, -0.05) is 0 Å². The summed E-state index contributed by atoms with van der Waals surface area (Å²) >= 11 is 0. The van der Waals surface area contributed by atoms with Crippen LogP contribution in [-0.4, -0.2) is 43.0 Å². The summed E-state index contributed by atoms with van der Waals surface area (Å²) in [5, 5.41) is 8.62. The lowest BCUT2D eigenvalue weighted by atomic mass is 10.4. The van der Waals surface area contributed by atoms with E-state index >= 15 is 0 Å². The minimum Gasteiger partial charge on any atom is -0.464 e. The maximum atomic E-state index is 12.1. The van der Waals surface area contributed by atoms with Gasteiger partial charge in [-0.25, -0.2) is 9.78 Å². The molecule has 9 heteroatoms. The number of aliphatic hydroxyl groups excluding tert-OH is 1. The highest BCUT2D eigenvalue weighted by molar-refractivity contribution is 5.75. The van der Waals surface area contributed by atoms with Crippen molar-refractivity contribution in [1.29, 1.82) is 0 Å². The van der Waals surface area contributed by atoms with Gasteiger partial charge in [-0.3, -0.25) is 18.7 Å². The molecule has 2 aromatic rings. The van der Waals surface area contributed by atoms with Gasteiger partial charge < -0.3 is 14.4 Å². The van der Waals surface area contributed by atoms with Crippen LogP contribution in [0.15, 0.2) is 15.9 Å². The molecule has 0 aliphatic carbocycles. The Bertz CT molecular complexity index is 785. The molecule has 114 valence electrons. The third-order valence-corrected chi connectivity index (χ3v) is 3.08. The summed E-state index contributed by atoms with van der Waals surface area (Å²) in [5.41, 5.74) is -0.623. The zero-order valence-electron chi connectivity index (χ0n) is 11.8. The first-order valence-electron chi connectivity index (χ1n) is 6.34. The molecule has 0 saturated carbocycles. The second kappa shape index (κ2) is 5.92. The van der Waals surface area contributed by atoms with E-state index in [4.69, 9.17) is 9.84 Å². The molecule has 0 unspecified atom stereocenters. The Balaban J connectivity index is 2.37. The van der Waals surface area contributed by atoms with Gasteiger partial charge in [-0.05, 0) is 0 Å². The van der Waals surface area contributed by atoms with Gasteiger partial charge in [0, 0.05) is 27.1 Å². The summed E-state index contributed by atoms with van der Waals surface area (Å²) in [6.45, 7) is -0.141. The smallest absolute Gasteiger partial charge is 0.332 e. The topological polar surface area (TPSA) is 108 Å². The summed E-state index contributed by atoms with van der Waals surface area (Å²) in [4.78, 5) is 39.5. The molecule has 0 saturated heterocycles. The first-order valence-corrected chi connectivity index (χ1v) is 6.34.